The molecule has 94 valence electrons. The first-order chi connectivity index (χ1) is 8.69. The van der Waals surface area contributed by atoms with Crippen molar-refractivity contribution in [3.05, 3.63) is 47.8 Å². The fourth-order valence-electron chi connectivity index (χ4n) is 1.53. The van der Waals surface area contributed by atoms with Crippen LogP contribution in [0.1, 0.15) is 11.3 Å². The number of carbonyl (C=O) groups excluding carboxylic acids is 1. The number of hydrogen-bond donors (Lipinski definition) is 1. The van der Waals surface area contributed by atoms with Crippen LogP contribution in [0, 0.1) is 6.92 Å². The number of halogens is 1. The van der Waals surface area contributed by atoms with Crippen molar-refractivity contribution >= 4 is 17.5 Å². The van der Waals surface area contributed by atoms with Gasteiger partial charge in [0.2, 0.25) is 5.91 Å². The molecule has 0 unspecified atom stereocenters. The van der Waals surface area contributed by atoms with Crippen molar-refractivity contribution in [1.29, 1.82) is 0 Å². The van der Waals surface area contributed by atoms with E-state index < -0.39 is 0 Å². The highest BCUT2D eigenvalue weighted by Gasteiger charge is 2.03. The molecule has 1 heterocycles. The summed E-state index contributed by atoms with van der Waals surface area (Å²) in [5.41, 5.74) is 3.00. The van der Waals surface area contributed by atoms with Crippen LogP contribution in [0.15, 0.2) is 36.5 Å². The van der Waals surface area contributed by atoms with Crippen LogP contribution in [0.4, 0.5) is 0 Å². The van der Waals surface area contributed by atoms with E-state index in [9.17, 15) is 4.79 Å². The fourth-order valence-corrected chi connectivity index (χ4v) is 1.63. The van der Waals surface area contributed by atoms with Gasteiger partial charge in [-0.05, 0) is 25.1 Å². The number of nitrogens with zero attached hydrogens (tertiary/aromatic N) is 2. The summed E-state index contributed by atoms with van der Waals surface area (Å²) in [5.74, 6) is -0.222. The van der Waals surface area contributed by atoms with E-state index in [1.54, 1.807) is 4.68 Å². The molecule has 0 saturated carbocycles. The molecule has 18 heavy (non-hydrogen) atoms. The molecule has 0 bridgehead atoms. The molecular weight excluding hydrogens is 250 g/mol. The van der Waals surface area contributed by atoms with Gasteiger partial charge in [0.15, 0.2) is 0 Å². The number of amides is 1. The SMILES string of the molecule is Cc1ccc(-n2ccc(CNC(=O)CCl)n2)cc1. The summed E-state index contributed by atoms with van der Waals surface area (Å²) in [7, 11) is 0. The topological polar surface area (TPSA) is 46.9 Å². The zero-order valence-electron chi connectivity index (χ0n) is 10.1. The summed E-state index contributed by atoms with van der Waals surface area (Å²) in [6, 6.07) is 9.94. The quantitative estimate of drug-likeness (QED) is 0.858. The predicted octanol–water partition coefficient (Wildman–Crippen LogP) is 2.04. The van der Waals surface area contributed by atoms with Gasteiger partial charge < -0.3 is 5.32 Å². The number of carbonyl (C=O) groups is 1. The van der Waals surface area contributed by atoms with Gasteiger partial charge in [0.1, 0.15) is 5.88 Å². The van der Waals surface area contributed by atoms with Gasteiger partial charge in [-0.25, -0.2) is 4.68 Å². The number of aromatic nitrogens is 2. The van der Waals surface area contributed by atoms with Crippen LogP contribution in [0.25, 0.3) is 5.69 Å². The van der Waals surface area contributed by atoms with Gasteiger partial charge >= 0.3 is 0 Å². The fraction of sp³-hybridized carbons (Fsp3) is 0.231. The molecule has 0 fully saturated rings. The van der Waals surface area contributed by atoms with Gasteiger partial charge in [0, 0.05) is 6.20 Å². The monoisotopic (exact) mass is 263 g/mol. The van der Waals surface area contributed by atoms with Crippen LogP contribution in [0.3, 0.4) is 0 Å². The third kappa shape index (κ3) is 3.11. The number of benzene rings is 1. The van der Waals surface area contributed by atoms with Gasteiger partial charge in [-0.1, -0.05) is 17.7 Å². The van der Waals surface area contributed by atoms with Crippen molar-refractivity contribution in [2.24, 2.45) is 0 Å². The maximum absolute atomic E-state index is 11.0. The van der Waals surface area contributed by atoms with Crippen LogP contribution >= 0.6 is 11.6 Å². The molecule has 1 N–H and O–H groups in total. The zero-order chi connectivity index (χ0) is 13.0. The van der Waals surface area contributed by atoms with Crippen LogP contribution in [0.5, 0.6) is 0 Å². The molecule has 0 spiro atoms. The molecule has 1 aromatic carbocycles. The van der Waals surface area contributed by atoms with Crippen LogP contribution in [-0.2, 0) is 11.3 Å². The van der Waals surface area contributed by atoms with Gasteiger partial charge in [-0.15, -0.1) is 11.6 Å². The Balaban J connectivity index is 2.06. The highest BCUT2D eigenvalue weighted by Crippen LogP contribution is 2.09. The van der Waals surface area contributed by atoms with Gasteiger partial charge in [-0.2, -0.15) is 5.10 Å². The molecule has 0 aliphatic heterocycles. The minimum atomic E-state index is -0.193. The van der Waals surface area contributed by atoms with E-state index in [0.717, 1.165) is 11.4 Å². The third-order valence-electron chi connectivity index (χ3n) is 2.53. The molecule has 0 aliphatic carbocycles. The van der Waals surface area contributed by atoms with E-state index in [0.29, 0.717) is 6.54 Å². The molecule has 2 rings (SSSR count). The smallest absolute Gasteiger partial charge is 0.235 e. The second-order valence-corrected chi connectivity index (χ2v) is 4.26. The van der Waals surface area contributed by atoms with Crippen molar-refractivity contribution < 1.29 is 4.79 Å². The molecule has 0 atom stereocenters. The second-order valence-electron chi connectivity index (χ2n) is 4.00. The predicted molar refractivity (Wildman–Crippen MR) is 70.9 cm³/mol. The standard InChI is InChI=1S/C13H14ClN3O/c1-10-2-4-12(5-3-10)17-7-6-11(16-17)9-15-13(18)8-14/h2-7H,8-9H2,1H3,(H,15,18). The first-order valence-electron chi connectivity index (χ1n) is 5.63. The summed E-state index contributed by atoms with van der Waals surface area (Å²) < 4.78 is 1.78. The average Bonchev–Trinajstić information content (AvgIpc) is 2.85. The van der Waals surface area contributed by atoms with Gasteiger partial charge in [0.25, 0.3) is 0 Å². The van der Waals surface area contributed by atoms with Crippen molar-refractivity contribution in [3.8, 4) is 5.69 Å². The van der Waals surface area contributed by atoms with Crippen molar-refractivity contribution in [1.82, 2.24) is 15.1 Å². The largest absolute Gasteiger partial charge is 0.349 e. The van der Waals surface area contributed by atoms with Gasteiger partial charge in [-0.3, -0.25) is 4.79 Å². The van der Waals surface area contributed by atoms with Crippen LogP contribution in [0.2, 0.25) is 0 Å². The Hall–Kier alpha value is -1.81. The van der Waals surface area contributed by atoms with Gasteiger partial charge in [0.05, 0.1) is 17.9 Å². The summed E-state index contributed by atoms with van der Waals surface area (Å²) in [6.07, 6.45) is 1.87. The van der Waals surface area contributed by atoms with Crippen molar-refractivity contribution in [2.45, 2.75) is 13.5 Å². The molecule has 1 amide bonds. The summed E-state index contributed by atoms with van der Waals surface area (Å²) >= 11 is 5.40. The Morgan fingerprint density at radius 3 is 2.72 bits per heavy atom. The zero-order valence-corrected chi connectivity index (χ0v) is 10.8. The average molecular weight is 264 g/mol. The van der Waals surface area contributed by atoms with E-state index >= 15 is 0 Å². The molecule has 0 radical (unpaired) electrons. The third-order valence-corrected chi connectivity index (χ3v) is 2.77. The Bertz CT molecular complexity index is 533. The lowest BCUT2D eigenvalue weighted by molar-refractivity contribution is -0.118. The normalized spacial score (nSPS) is 10.3. The van der Waals surface area contributed by atoms with Crippen molar-refractivity contribution in [3.63, 3.8) is 0 Å². The minimum Gasteiger partial charge on any atom is -0.349 e. The lowest BCUT2D eigenvalue weighted by Gasteiger charge is -2.02. The number of alkyl halides is 1. The van der Waals surface area contributed by atoms with E-state index in [2.05, 4.69) is 10.4 Å². The first-order valence-corrected chi connectivity index (χ1v) is 6.17. The van der Waals surface area contributed by atoms with Crippen LogP contribution in [-0.4, -0.2) is 21.6 Å². The number of nitrogens with one attached hydrogen (secondary N) is 1. The summed E-state index contributed by atoms with van der Waals surface area (Å²) in [6.45, 7) is 2.43. The molecular formula is C13H14ClN3O. The molecule has 5 heteroatoms. The minimum absolute atomic E-state index is 0.0291. The molecule has 0 saturated heterocycles. The Labute approximate surface area is 111 Å². The maximum atomic E-state index is 11.0. The number of hydrogen-bond acceptors (Lipinski definition) is 2. The Kier molecular flexibility index (Phi) is 3.99. The highest BCUT2D eigenvalue weighted by atomic mass is 35.5. The van der Waals surface area contributed by atoms with E-state index in [1.807, 2.05) is 43.5 Å². The second kappa shape index (κ2) is 5.69. The molecule has 0 aliphatic rings. The lowest BCUT2D eigenvalue weighted by Crippen LogP contribution is -2.23. The number of aryl methyl sites for hydroxylation is 1. The van der Waals surface area contributed by atoms with Crippen LogP contribution < -0.4 is 5.32 Å². The Morgan fingerprint density at radius 1 is 1.33 bits per heavy atom. The maximum Gasteiger partial charge on any atom is 0.235 e. The molecule has 2 aromatic rings. The molecule has 1 aromatic heterocycles. The van der Waals surface area contributed by atoms with E-state index in [-0.39, 0.29) is 11.8 Å². The number of rotatable bonds is 4. The first kappa shape index (κ1) is 12.6. The van der Waals surface area contributed by atoms with E-state index in [4.69, 9.17) is 11.6 Å². The molecule has 4 nitrogen and oxygen atoms in total. The summed E-state index contributed by atoms with van der Waals surface area (Å²) in [5, 5.41) is 7.05. The highest BCUT2D eigenvalue weighted by molar-refractivity contribution is 6.27. The van der Waals surface area contributed by atoms with Crippen molar-refractivity contribution in [2.75, 3.05) is 5.88 Å². The lowest BCUT2D eigenvalue weighted by atomic mass is 10.2. The summed E-state index contributed by atoms with van der Waals surface area (Å²) in [4.78, 5) is 11.0. The van der Waals surface area contributed by atoms with E-state index in [1.165, 1.54) is 5.56 Å². The Morgan fingerprint density at radius 2 is 2.06 bits per heavy atom.